The van der Waals surface area contributed by atoms with Gasteiger partial charge in [0.05, 0.1) is 17.4 Å². The minimum absolute atomic E-state index is 0.176. The van der Waals surface area contributed by atoms with Crippen LogP contribution in [0.3, 0.4) is 0 Å². The lowest BCUT2D eigenvalue weighted by molar-refractivity contribution is -0.160. The van der Waals surface area contributed by atoms with Crippen LogP contribution in [0.1, 0.15) is 38.0 Å². The Labute approximate surface area is 192 Å². The molecule has 0 spiro atoms. The molecule has 0 saturated heterocycles. The Morgan fingerprint density at radius 1 is 1.16 bits per heavy atom. The minimum Gasteiger partial charge on any atom is -0.479 e. The van der Waals surface area contributed by atoms with Gasteiger partial charge in [0.25, 0.3) is 0 Å². The van der Waals surface area contributed by atoms with Gasteiger partial charge < -0.3 is 9.84 Å². The molecule has 0 fully saturated rings. The zero-order valence-corrected chi connectivity index (χ0v) is 20.0. The maximum Gasteiger partial charge on any atom is 0.337 e. The molecule has 0 radical (unpaired) electrons. The number of fused-ring (bicyclic) bond motifs is 1. The summed E-state index contributed by atoms with van der Waals surface area (Å²) in [7, 11) is -3.50. The third-order valence-electron chi connectivity index (χ3n) is 4.62. The predicted molar refractivity (Wildman–Crippen MR) is 127 cm³/mol. The summed E-state index contributed by atoms with van der Waals surface area (Å²) >= 11 is 6.07. The molecule has 0 aliphatic carbocycles. The van der Waals surface area contributed by atoms with Crippen molar-refractivity contribution < 1.29 is 23.1 Å². The van der Waals surface area contributed by atoms with E-state index in [2.05, 4.69) is 9.71 Å². The number of ether oxygens (including phenoxy) is 1. The van der Waals surface area contributed by atoms with E-state index in [1.807, 2.05) is 0 Å². The second-order valence-corrected chi connectivity index (χ2v) is 10.8. The number of hydrogen-bond acceptors (Lipinski definition) is 5. The van der Waals surface area contributed by atoms with Gasteiger partial charge in [-0.05, 0) is 74.7 Å². The molecule has 1 aromatic heterocycles. The maximum absolute atomic E-state index is 12.3. The summed E-state index contributed by atoms with van der Waals surface area (Å²) in [5, 5.41) is 11.2. The molecule has 2 aromatic carbocycles. The summed E-state index contributed by atoms with van der Waals surface area (Å²) in [6, 6.07) is 12.1. The highest BCUT2D eigenvalue weighted by Crippen LogP contribution is 2.40. The number of nitrogens with one attached hydrogen (secondary N) is 1. The number of benzene rings is 2. The smallest absolute Gasteiger partial charge is 0.337 e. The number of aryl methyl sites for hydroxylation is 1. The molecular formula is C23H25ClN2O5S. The van der Waals surface area contributed by atoms with E-state index in [1.165, 1.54) is 0 Å². The second kappa shape index (κ2) is 8.69. The minimum atomic E-state index is -3.50. The summed E-state index contributed by atoms with van der Waals surface area (Å²) < 4.78 is 31.6. The van der Waals surface area contributed by atoms with Gasteiger partial charge in [0.2, 0.25) is 10.0 Å². The molecular weight excluding hydrogens is 452 g/mol. The molecule has 0 amide bonds. The zero-order valence-electron chi connectivity index (χ0n) is 18.4. The predicted octanol–water partition coefficient (Wildman–Crippen LogP) is 5.18. The fraction of sp³-hybridized carbons (Fsp3) is 0.304. The highest BCUT2D eigenvalue weighted by atomic mass is 35.5. The van der Waals surface area contributed by atoms with Crippen molar-refractivity contribution in [1.82, 2.24) is 4.98 Å². The van der Waals surface area contributed by atoms with Crippen LogP contribution in [0.5, 0.6) is 0 Å². The highest BCUT2D eigenvalue weighted by Gasteiger charge is 2.31. The van der Waals surface area contributed by atoms with Gasteiger partial charge in [-0.25, -0.2) is 18.2 Å². The zero-order chi connectivity index (χ0) is 23.8. The van der Waals surface area contributed by atoms with E-state index in [0.717, 1.165) is 11.8 Å². The van der Waals surface area contributed by atoms with Crippen molar-refractivity contribution in [3.8, 4) is 11.1 Å². The maximum atomic E-state index is 12.3. The number of aliphatic carboxylic acids is 1. The molecule has 7 nitrogen and oxygen atoms in total. The Balaban J connectivity index is 2.36. The van der Waals surface area contributed by atoms with Crippen molar-refractivity contribution in [2.24, 2.45) is 0 Å². The highest BCUT2D eigenvalue weighted by molar-refractivity contribution is 7.92. The first-order valence-electron chi connectivity index (χ1n) is 9.84. The number of aromatic nitrogens is 1. The van der Waals surface area contributed by atoms with E-state index < -0.39 is 27.7 Å². The van der Waals surface area contributed by atoms with Gasteiger partial charge in [0, 0.05) is 16.0 Å². The van der Waals surface area contributed by atoms with Gasteiger partial charge in [-0.15, -0.1) is 0 Å². The van der Waals surface area contributed by atoms with Crippen LogP contribution >= 0.6 is 11.6 Å². The fourth-order valence-corrected chi connectivity index (χ4v) is 4.14. The molecule has 9 heteroatoms. The van der Waals surface area contributed by atoms with Crippen LogP contribution in [-0.4, -0.2) is 36.3 Å². The van der Waals surface area contributed by atoms with E-state index in [0.29, 0.717) is 32.6 Å². The Morgan fingerprint density at radius 2 is 1.78 bits per heavy atom. The van der Waals surface area contributed by atoms with Gasteiger partial charge in [0.15, 0.2) is 6.10 Å². The normalized spacial score (nSPS) is 13.2. The molecule has 1 atom stereocenters. The third-order valence-corrected chi connectivity index (χ3v) is 5.45. The SMILES string of the molecule is Cc1cc2nc(NS(C)(=O)=O)ccc2c(-c2ccc(Cl)cc2)c1[C@H](OC(C)(C)C)C(=O)O. The molecule has 0 unspecified atom stereocenters. The van der Waals surface area contributed by atoms with Crippen molar-refractivity contribution in [1.29, 1.82) is 0 Å². The number of hydrogen-bond donors (Lipinski definition) is 2. The first kappa shape index (κ1) is 24.0. The Hall–Kier alpha value is -2.68. The molecule has 3 aromatic rings. The largest absolute Gasteiger partial charge is 0.479 e. The van der Waals surface area contributed by atoms with Crippen LogP contribution < -0.4 is 4.72 Å². The second-order valence-electron chi connectivity index (χ2n) is 8.57. The summed E-state index contributed by atoms with van der Waals surface area (Å²) in [5.41, 5.74) is 2.36. The van der Waals surface area contributed by atoms with Crippen molar-refractivity contribution in [2.45, 2.75) is 39.4 Å². The number of rotatable bonds is 6. The number of nitrogens with zero attached hydrogens (tertiary/aromatic N) is 1. The lowest BCUT2D eigenvalue weighted by atomic mass is 9.88. The lowest BCUT2D eigenvalue weighted by Gasteiger charge is -2.28. The van der Waals surface area contributed by atoms with E-state index in [9.17, 15) is 18.3 Å². The Morgan fingerprint density at radius 3 is 2.31 bits per heavy atom. The van der Waals surface area contributed by atoms with Crippen LogP contribution in [0, 0.1) is 6.92 Å². The van der Waals surface area contributed by atoms with E-state index in [-0.39, 0.29) is 5.82 Å². The summed E-state index contributed by atoms with van der Waals surface area (Å²) in [4.78, 5) is 16.7. The average Bonchev–Trinajstić information content (AvgIpc) is 2.64. The van der Waals surface area contributed by atoms with Crippen LogP contribution in [-0.2, 0) is 19.6 Å². The molecule has 3 rings (SSSR count). The van der Waals surface area contributed by atoms with Crippen molar-refractivity contribution in [3.05, 3.63) is 58.6 Å². The molecule has 170 valence electrons. The molecule has 0 bridgehead atoms. The Bertz CT molecular complexity index is 1280. The average molecular weight is 477 g/mol. The number of carboxylic acids is 1. The number of anilines is 1. The quantitative estimate of drug-likeness (QED) is 0.508. The monoisotopic (exact) mass is 476 g/mol. The molecule has 0 aliphatic rings. The first-order chi connectivity index (χ1) is 14.7. The number of halogens is 1. The lowest BCUT2D eigenvalue weighted by Crippen LogP contribution is -2.28. The molecule has 0 aliphatic heterocycles. The van der Waals surface area contributed by atoms with E-state index in [1.54, 1.807) is 70.2 Å². The number of carbonyl (C=O) groups is 1. The van der Waals surface area contributed by atoms with Gasteiger partial charge in [-0.1, -0.05) is 23.7 Å². The molecule has 0 saturated carbocycles. The van der Waals surface area contributed by atoms with Crippen molar-refractivity contribution in [3.63, 3.8) is 0 Å². The van der Waals surface area contributed by atoms with Gasteiger partial charge in [0.1, 0.15) is 5.82 Å². The standard InChI is InChI=1S/C23H25ClN2O5S/c1-13-12-17-16(10-11-18(25-17)26-32(5,29)30)20(14-6-8-15(24)9-7-14)19(13)21(22(27)28)31-23(2,3)4/h6-12,21H,1-5H3,(H,25,26)(H,27,28)/t21-/m0/s1. The van der Waals surface area contributed by atoms with E-state index in [4.69, 9.17) is 16.3 Å². The summed E-state index contributed by atoms with van der Waals surface area (Å²) in [6.45, 7) is 7.18. The molecule has 32 heavy (non-hydrogen) atoms. The van der Waals surface area contributed by atoms with Crippen LogP contribution in [0.4, 0.5) is 5.82 Å². The van der Waals surface area contributed by atoms with Gasteiger partial charge >= 0.3 is 5.97 Å². The molecule has 2 N–H and O–H groups in total. The van der Waals surface area contributed by atoms with Crippen molar-refractivity contribution >= 4 is 44.3 Å². The van der Waals surface area contributed by atoms with E-state index >= 15 is 0 Å². The van der Waals surface area contributed by atoms with Crippen LogP contribution in [0.25, 0.3) is 22.0 Å². The van der Waals surface area contributed by atoms with Crippen LogP contribution in [0.15, 0.2) is 42.5 Å². The summed E-state index contributed by atoms with van der Waals surface area (Å²) in [6.07, 6.45) is -0.174. The Kier molecular flexibility index (Phi) is 6.51. The van der Waals surface area contributed by atoms with Gasteiger partial charge in [-0.2, -0.15) is 0 Å². The number of pyridine rings is 1. The third kappa shape index (κ3) is 5.56. The molecule has 1 heterocycles. The van der Waals surface area contributed by atoms with Crippen LogP contribution in [0.2, 0.25) is 5.02 Å². The van der Waals surface area contributed by atoms with Gasteiger partial charge in [-0.3, -0.25) is 4.72 Å². The number of carboxylic acid groups (broad SMARTS) is 1. The number of sulfonamides is 1. The summed E-state index contributed by atoms with van der Waals surface area (Å²) in [5.74, 6) is -0.934. The fourth-order valence-electron chi connectivity index (χ4n) is 3.52. The first-order valence-corrected chi connectivity index (χ1v) is 12.1. The van der Waals surface area contributed by atoms with Crippen molar-refractivity contribution in [2.75, 3.05) is 11.0 Å². The topological polar surface area (TPSA) is 106 Å².